The first-order valence-electron chi connectivity index (χ1n) is 16.7. The first-order chi connectivity index (χ1) is 23.5. The van der Waals surface area contributed by atoms with Crippen molar-refractivity contribution < 1.29 is 17.9 Å². The van der Waals surface area contributed by atoms with Crippen LogP contribution in [0.25, 0.3) is 0 Å². The van der Waals surface area contributed by atoms with Gasteiger partial charge in [-0.15, -0.1) is 0 Å². The van der Waals surface area contributed by atoms with Crippen LogP contribution in [0.2, 0.25) is 15.1 Å². The van der Waals surface area contributed by atoms with Gasteiger partial charge in [-0.2, -0.15) is 0 Å². The summed E-state index contributed by atoms with van der Waals surface area (Å²) in [6.45, 7) is 9.06. The molecular weight excluding hydrogens is 717 g/mol. The van der Waals surface area contributed by atoms with Crippen molar-refractivity contribution in [3.05, 3.63) is 92.4 Å². The maximum atomic E-state index is 15.3. The van der Waals surface area contributed by atoms with E-state index in [2.05, 4.69) is 30.9 Å². The SMILES string of the molecule is CCOc1cc(Cl)c(S(C)(=O)=O)cc1C1=NC(C)(c2ccc(Cl)cc2)C(C)(c2ccc(Cl)cc2)N1C(=O)N1CCC(N(C)CCCN(C)C)C1. The molecule has 270 valence electrons. The summed E-state index contributed by atoms with van der Waals surface area (Å²) in [5.74, 6) is 0.595. The topological polar surface area (TPSA) is 85.8 Å². The lowest BCUT2D eigenvalue weighted by Crippen LogP contribution is -2.58. The van der Waals surface area contributed by atoms with Gasteiger partial charge in [-0.25, -0.2) is 13.2 Å². The molecule has 2 heterocycles. The number of carbonyl (C=O) groups excluding carboxylic acids is 1. The Morgan fingerprint density at radius 3 is 2.12 bits per heavy atom. The van der Waals surface area contributed by atoms with E-state index in [1.54, 1.807) is 29.2 Å². The van der Waals surface area contributed by atoms with Gasteiger partial charge in [0.05, 0.1) is 22.1 Å². The number of carbonyl (C=O) groups is 1. The molecule has 50 heavy (non-hydrogen) atoms. The number of halogens is 3. The van der Waals surface area contributed by atoms with Gasteiger partial charge in [0.1, 0.15) is 22.7 Å². The highest BCUT2D eigenvalue weighted by molar-refractivity contribution is 7.90. The molecule has 3 unspecified atom stereocenters. The highest BCUT2D eigenvalue weighted by atomic mass is 35.5. The van der Waals surface area contributed by atoms with Gasteiger partial charge in [-0.1, -0.05) is 59.1 Å². The van der Waals surface area contributed by atoms with Crippen LogP contribution in [-0.4, -0.2) is 106 Å². The molecule has 3 aromatic rings. The molecule has 0 aliphatic carbocycles. The zero-order chi connectivity index (χ0) is 36.6. The van der Waals surface area contributed by atoms with Gasteiger partial charge in [0.15, 0.2) is 9.84 Å². The Hall–Kier alpha value is -2.86. The standard InChI is InChI=1S/C37H46Cl3N5O4S/c1-8-49-32-23-31(40)33(50(7,47)48)22-30(32)34-41-36(2,25-10-14-27(38)15-11-25)37(3,26-12-16-28(39)17-13-26)45(34)35(46)44-21-18-29(24-44)43(6)20-9-19-42(4)5/h10-17,22-23,29H,8-9,18-21,24H2,1-7H3. The average molecular weight is 763 g/mol. The van der Waals surface area contributed by atoms with Crippen molar-refractivity contribution in [2.24, 2.45) is 4.99 Å². The predicted molar refractivity (Wildman–Crippen MR) is 203 cm³/mol. The van der Waals surface area contributed by atoms with Crippen LogP contribution in [0, 0.1) is 0 Å². The van der Waals surface area contributed by atoms with Gasteiger partial charge in [-0.3, -0.25) is 9.89 Å². The van der Waals surface area contributed by atoms with Gasteiger partial charge in [0.25, 0.3) is 0 Å². The summed E-state index contributed by atoms with van der Waals surface area (Å²) >= 11 is 19.3. The first kappa shape index (κ1) is 38.4. The van der Waals surface area contributed by atoms with Gasteiger partial charge in [0.2, 0.25) is 0 Å². The average Bonchev–Trinajstić information content (AvgIpc) is 3.63. The van der Waals surface area contributed by atoms with Crippen molar-refractivity contribution in [1.82, 2.24) is 19.6 Å². The molecule has 1 saturated heterocycles. The zero-order valence-corrected chi connectivity index (χ0v) is 32.8. The van der Waals surface area contributed by atoms with Crippen molar-refractivity contribution in [1.29, 1.82) is 0 Å². The van der Waals surface area contributed by atoms with E-state index in [0.29, 0.717) is 34.4 Å². The second-order valence-corrected chi connectivity index (χ2v) is 17.0. The molecule has 2 amide bonds. The van der Waals surface area contributed by atoms with Crippen LogP contribution in [0.3, 0.4) is 0 Å². The number of nitrogens with zero attached hydrogens (tertiary/aromatic N) is 5. The maximum absolute atomic E-state index is 15.3. The summed E-state index contributed by atoms with van der Waals surface area (Å²) in [6, 6.07) is 17.7. The van der Waals surface area contributed by atoms with E-state index in [9.17, 15) is 8.42 Å². The van der Waals surface area contributed by atoms with Gasteiger partial charge < -0.3 is 19.4 Å². The summed E-state index contributed by atoms with van der Waals surface area (Å²) in [7, 11) is 2.48. The van der Waals surface area contributed by atoms with E-state index < -0.39 is 20.9 Å². The second-order valence-electron chi connectivity index (χ2n) is 13.7. The van der Waals surface area contributed by atoms with E-state index in [0.717, 1.165) is 43.3 Å². The fourth-order valence-electron chi connectivity index (χ4n) is 7.07. The van der Waals surface area contributed by atoms with Gasteiger partial charge in [-0.05, 0) is 109 Å². The molecule has 2 aliphatic heterocycles. The maximum Gasteiger partial charge on any atom is 0.326 e. The van der Waals surface area contributed by atoms with Crippen LogP contribution in [-0.2, 0) is 20.9 Å². The molecule has 0 aromatic heterocycles. The van der Waals surface area contributed by atoms with Crippen LogP contribution in [0.5, 0.6) is 5.75 Å². The van der Waals surface area contributed by atoms with Crippen molar-refractivity contribution >= 4 is 56.5 Å². The number of sulfone groups is 1. The molecule has 0 bridgehead atoms. The number of amidine groups is 1. The lowest BCUT2D eigenvalue weighted by Gasteiger charge is -2.46. The van der Waals surface area contributed by atoms with Crippen LogP contribution in [0.1, 0.15) is 50.3 Å². The third kappa shape index (κ3) is 7.38. The number of likely N-dealkylation sites (tertiary alicyclic amines) is 1. The number of urea groups is 1. The molecule has 5 rings (SSSR count). The smallest absolute Gasteiger partial charge is 0.326 e. The summed E-state index contributed by atoms with van der Waals surface area (Å²) in [5, 5.41) is 1.14. The Balaban J connectivity index is 1.72. The number of benzene rings is 3. The highest BCUT2D eigenvalue weighted by Crippen LogP contribution is 2.54. The summed E-state index contributed by atoms with van der Waals surface area (Å²) in [6.07, 6.45) is 2.94. The van der Waals surface area contributed by atoms with Crippen LogP contribution in [0.4, 0.5) is 4.79 Å². The molecule has 0 radical (unpaired) electrons. The van der Waals surface area contributed by atoms with E-state index in [4.69, 9.17) is 44.5 Å². The minimum absolute atomic E-state index is 0.0248. The quantitative estimate of drug-likeness (QED) is 0.202. The minimum Gasteiger partial charge on any atom is -0.493 e. The fourth-order valence-corrected chi connectivity index (χ4v) is 8.64. The van der Waals surface area contributed by atoms with Crippen LogP contribution >= 0.6 is 34.8 Å². The van der Waals surface area contributed by atoms with Crippen LogP contribution < -0.4 is 4.74 Å². The second kappa shape index (κ2) is 15.0. The summed E-state index contributed by atoms with van der Waals surface area (Å²) < 4.78 is 32.1. The number of hydrogen-bond donors (Lipinski definition) is 0. The van der Waals surface area contributed by atoms with Crippen molar-refractivity contribution in [3.63, 3.8) is 0 Å². The Morgan fingerprint density at radius 2 is 1.56 bits per heavy atom. The molecule has 2 aliphatic rings. The Kier molecular flexibility index (Phi) is 11.5. The van der Waals surface area contributed by atoms with E-state index in [1.165, 1.54) is 12.1 Å². The molecule has 13 heteroatoms. The number of rotatable bonds is 11. The van der Waals surface area contributed by atoms with Gasteiger partial charge in [0, 0.05) is 41.5 Å². The zero-order valence-electron chi connectivity index (χ0n) is 29.7. The molecule has 1 fully saturated rings. The molecule has 3 atom stereocenters. The van der Waals surface area contributed by atoms with Gasteiger partial charge >= 0.3 is 6.03 Å². The van der Waals surface area contributed by atoms with Crippen molar-refractivity contribution in [2.45, 2.75) is 55.6 Å². The highest BCUT2D eigenvalue weighted by Gasteiger charge is 2.60. The number of ether oxygens (including phenoxy) is 1. The van der Waals surface area contributed by atoms with Crippen molar-refractivity contribution in [3.8, 4) is 5.75 Å². The monoisotopic (exact) mass is 761 g/mol. The molecule has 0 N–H and O–H groups in total. The van der Waals surface area contributed by atoms with Crippen LogP contribution in [0.15, 0.2) is 70.6 Å². The first-order valence-corrected chi connectivity index (χ1v) is 19.8. The number of likely N-dealkylation sites (N-methyl/N-ethyl adjacent to an activating group) is 1. The Morgan fingerprint density at radius 1 is 0.960 bits per heavy atom. The summed E-state index contributed by atoms with van der Waals surface area (Å²) in [5.41, 5.74) is -0.283. The fraction of sp³-hybridized carbons (Fsp3) is 0.459. The van der Waals surface area contributed by atoms with E-state index >= 15 is 4.79 Å². The molecule has 9 nitrogen and oxygen atoms in total. The van der Waals surface area contributed by atoms with Crippen molar-refractivity contribution in [2.75, 3.05) is 60.2 Å². The molecular formula is C37H46Cl3N5O4S. The predicted octanol–water partition coefficient (Wildman–Crippen LogP) is 7.42. The lowest BCUT2D eigenvalue weighted by atomic mass is 9.71. The Labute approximate surface area is 311 Å². The third-order valence-electron chi connectivity index (χ3n) is 10.1. The largest absolute Gasteiger partial charge is 0.493 e. The number of aliphatic imine (C=N–C) groups is 1. The Bertz CT molecular complexity index is 1860. The normalized spacial score (nSPS) is 22.5. The lowest BCUT2D eigenvalue weighted by molar-refractivity contribution is 0.111. The molecule has 0 spiro atoms. The molecule has 3 aromatic carbocycles. The summed E-state index contributed by atoms with van der Waals surface area (Å²) in [4.78, 5) is 28.7. The minimum atomic E-state index is -3.77. The molecule has 0 saturated carbocycles. The van der Waals surface area contributed by atoms with E-state index in [1.807, 2.05) is 49.9 Å². The number of hydrogen-bond acceptors (Lipinski definition) is 7. The van der Waals surface area contributed by atoms with E-state index in [-0.39, 0.29) is 34.4 Å². The number of amides is 2. The third-order valence-corrected chi connectivity index (χ3v) is 12.2.